The number of amides is 1. The van der Waals surface area contributed by atoms with Crippen LogP contribution in [-0.2, 0) is 27.0 Å². The molecular formula is C12H11F3N2O4S. The summed E-state index contributed by atoms with van der Waals surface area (Å²) < 4.78 is 42.5. The molecule has 0 radical (unpaired) electrons. The molecule has 3 aliphatic rings. The summed E-state index contributed by atoms with van der Waals surface area (Å²) in [6.45, 7) is -0.179. The summed E-state index contributed by atoms with van der Waals surface area (Å²) in [6, 6.07) is 0. The Labute approximate surface area is 126 Å². The van der Waals surface area contributed by atoms with E-state index in [9.17, 15) is 22.8 Å². The molecule has 1 aromatic heterocycles. The van der Waals surface area contributed by atoms with Crippen LogP contribution in [0, 0.1) is 5.41 Å². The molecule has 2 saturated heterocycles. The zero-order chi connectivity index (χ0) is 16.2. The highest BCUT2D eigenvalue weighted by Crippen LogP contribution is 2.58. The van der Waals surface area contributed by atoms with E-state index < -0.39 is 34.1 Å². The molecule has 1 aliphatic carbocycles. The van der Waals surface area contributed by atoms with Gasteiger partial charge < -0.3 is 15.2 Å². The zero-order valence-electron chi connectivity index (χ0n) is 11.1. The topological polar surface area (TPSA) is 88.5 Å². The van der Waals surface area contributed by atoms with Gasteiger partial charge in [0.25, 0.3) is 5.91 Å². The second-order valence-electron chi connectivity index (χ2n) is 5.55. The fourth-order valence-electron chi connectivity index (χ4n) is 2.81. The van der Waals surface area contributed by atoms with Crippen molar-refractivity contribution in [2.24, 2.45) is 5.41 Å². The van der Waals surface area contributed by atoms with Crippen LogP contribution in [0.3, 0.4) is 0 Å². The van der Waals surface area contributed by atoms with E-state index in [0.29, 0.717) is 11.3 Å². The van der Waals surface area contributed by atoms with E-state index in [1.165, 1.54) is 5.38 Å². The summed E-state index contributed by atoms with van der Waals surface area (Å²) in [5, 5.41) is 11.8. The van der Waals surface area contributed by atoms with Gasteiger partial charge in [-0.15, -0.1) is 11.3 Å². The number of aromatic nitrogens is 1. The first-order valence-electron chi connectivity index (χ1n) is 6.34. The van der Waals surface area contributed by atoms with Crippen LogP contribution in [0.25, 0.3) is 0 Å². The summed E-state index contributed by atoms with van der Waals surface area (Å²) >= 11 is 0.456. The number of hydrogen-bond donors (Lipinski definition) is 2. The number of ether oxygens (including phenoxy) is 1. The lowest BCUT2D eigenvalue weighted by atomic mass is 9.62. The number of fused-ring (bicyclic) bond motifs is 1. The predicted molar refractivity (Wildman–Crippen MR) is 66.9 cm³/mol. The van der Waals surface area contributed by atoms with Gasteiger partial charge in [0, 0.05) is 18.2 Å². The normalized spacial score (nSPS) is 30.0. The maximum Gasteiger partial charge on any atom is 0.443 e. The van der Waals surface area contributed by atoms with Crippen molar-refractivity contribution in [1.82, 2.24) is 10.3 Å². The van der Waals surface area contributed by atoms with E-state index in [1.807, 2.05) is 0 Å². The smallest absolute Gasteiger partial charge is 0.443 e. The van der Waals surface area contributed by atoms with E-state index in [-0.39, 0.29) is 31.7 Å². The quantitative estimate of drug-likeness (QED) is 0.868. The number of nitrogens with one attached hydrogen (secondary N) is 1. The SMILES string of the molecule is O=C(O)C12COC(C(=O)NCc3csc(C(F)(F)F)n3)(C1)C2. The van der Waals surface area contributed by atoms with Gasteiger partial charge >= 0.3 is 12.1 Å². The van der Waals surface area contributed by atoms with Crippen molar-refractivity contribution >= 4 is 23.2 Å². The Kier molecular flexibility index (Phi) is 3.22. The third kappa shape index (κ3) is 2.26. The molecule has 1 saturated carbocycles. The highest BCUT2D eigenvalue weighted by atomic mass is 32.1. The molecule has 6 nitrogen and oxygen atoms in total. The Morgan fingerprint density at radius 1 is 1.45 bits per heavy atom. The lowest BCUT2D eigenvalue weighted by molar-refractivity contribution is -0.158. The van der Waals surface area contributed by atoms with Crippen LogP contribution in [0.5, 0.6) is 0 Å². The van der Waals surface area contributed by atoms with Gasteiger partial charge in [-0.3, -0.25) is 9.59 Å². The van der Waals surface area contributed by atoms with Gasteiger partial charge in [-0.25, -0.2) is 4.98 Å². The number of carboxylic acids is 1. The van der Waals surface area contributed by atoms with E-state index in [4.69, 9.17) is 9.84 Å². The molecule has 2 aliphatic heterocycles. The van der Waals surface area contributed by atoms with Crippen molar-refractivity contribution in [1.29, 1.82) is 0 Å². The van der Waals surface area contributed by atoms with E-state index in [1.54, 1.807) is 0 Å². The maximum atomic E-state index is 12.4. The van der Waals surface area contributed by atoms with Crippen LogP contribution in [-0.4, -0.2) is 34.2 Å². The van der Waals surface area contributed by atoms with Gasteiger partial charge in [0.1, 0.15) is 5.60 Å². The molecular weight excluding hydrogens is 325 g/mol. The van der Waals surface area contributed by atoms with Crippen LogP contribution in [0.4, 0.5) is 13.2 Å². The van der Waals surface area contributed by atoms with Gasteiger partial charge in [-0.05, 0) is 0 Å². The van der Waals surface area contributed by atoms with Crippen molar-refractivity contribution in [2.75, 3.05) is 6.61 Å². The average Bonchev–Trinajstić information content (AvgIpc) is 3.07. The molecule has 0 aromatic carbocycles. The number of aliphatic carboxylic acids is 1. The molecule has 3 heterocycles. The fraction of sp³-hybridized carbons (Fsp3) is 0.583. The highest BCUT2D eigenvalue weighted by molar-refractivity contribution is 7.09. The summed E-state index contributed by atoms with van der Waals surface area (Å²) in [5.74, 6) is -1.51. The van der Waals surface area contributed by atoms with Crippen LogP contribution in [0.1, 0.15) is 23.5 Å². The Morgan fingerprint density at radius 2 is 2.14 bits per heavy atom. The molecule has 1 aromatic rings. The molecule has 3 fully saturated rings. The zero-order valence-corrected chi connectivity index (χ0v) is 11.9. The minimum absolute atomic E-state index is 0.0231. The summed E-state index contributed by atoms with van der Waals surface area (Å²) in [7, 11) is 0. The summed E-state index contributed by atoms with van der Waals surface area (Å²) in [4.78, 5) is 26.5. The number of halogens is 3. The number of hydrogen-bond acceptors (Lipinski definition) is 5. The fourth-order valence-corrected chi connectivity index (χ4v) is 3.50. The lowest BCUT2D eigenvalue weighted by Gasteiger charge is -2.40. The van der Waals surface area contributed by atoms with Crippen LogP contribution in [0.2, 0.25) is 0 Å². The Morgan fingerprint density at radius 3 is 2.64 bits per heavy atom. The molecule has 1 amide bonds. The summed E-state index contributed by atoms with van der Waals surface area (Å²) in [6.07, 6.45) is -4.33. The number of thiazole rings is 1. The molecule has 2 N–H and O–H groups in total. The summed E-state index contributed by atoms with van der Waals surface area (Å²) in [5.41, 5.74) is -2.06. The number of nitrogens with zero attached hydrogens (tertiary/aromatic N) is 1. The molecule has 4 rings (SSSR count). The lowest BCUT2D eigenvalue weighted by Crippen LogP contribution is -2.57. The van der Waals surface area contributed by atoms with Crippen molar-refractivity contribution in [3.63, 3.8) is 0 Å². The second kappa shape index (κ2) is 4.66. The van der Waals surface area contributed by atoms with E-state index >= 15 is 0 Å². The van der Waals surface area contributed by atoms with Crippen LogP contribution >= 0.6 is 11.3 Å². The van der Waals surface area contributed by atoms with Gasteiger partial charge in [0.05, 0.1) is 24.3 Å². The molecule has 2 bridgehead atoms. The third-order valence-electron chi connectivity index (χ3n) is 3.96. The van der Waals surface area contributed by atoms with E-state index in [2.05, 4.69) is 10.3 Å². The van der Waals surface area contributed by atoms with Gasteiger partial charge in [0.15, 0.2) is 5.01 Å². The molecule has 0 unspecified atom stereocenters. The predicted octanol–water partition coefficient (Wildman–Crippen LogP) is 1.41. The highest BCUT2D eigenvalue weighted by Gasteiger charge is 2.70. The molecule has 120 valence electrons. The number of rotatable bonds is 4. The maximum absolute atomic E-state index is 12.4. The minimum Gasteiger partial charge on any atom is -0.481 e. The molecule has 0 atom stereocenters. The van der Waals surface area contributed by atoms with Crippen LogP contribution in [0.15, 0.2) is 5.38 Å². The number of carboxylic acid groups (broad SMARTS) is 1. The molecule has 10 heteroatoms. The number of carbonyl (C=O) groups excluding carboxylic acids is 1. The van der Waals surface area contributed by atoms with Crippen LogP contribution < -0.4 is 5.32 Å². The van der Waals surface area contributed by atoms with Crippen molar-refractivity contribution in [3.05, 3.63) is 16.1 Å². The molecule has 0 spiro atoms. The first-order chi connectivity index (χ1) is 10.2. The monoisotopic (exact) mass is 336 g/mol. The largest absolute Gasteiger partial charge is 0.481 e. The average molecular weight is 336 g/mol. The standard InChI is InChI=1S/C12H11F3N2O4S/c13-12(14,15)8-17-6(2-22-8)1-16-7(18)11-3-10(4-11,5-21-11)9(19)20/h2H,1,3-5H2,(H,16,18)(H,19,20). The number of alkyl halides is 3. The second-order valence-corrected chi connectivity index (χ2v) is 6.40. The van der Waals surface area contributed by atoms with Crippen molar-refractivity contribution < 1.29 is 32.6 Å². The van der Waals surface area contributed by atoms with Crippen molar-refractivity contribution in [2.45, 2.75) is 31.2 Å². The first kappa shape index (κ1) is 15.2. The first-order valence-corrected chi connectivity index (χ1v) is 7.22. The van der Waals surface area contributed by atoms with E-state index in [0.717, 1.165) is 0 Å². The Bertz CT molecular complexity index is 637. The Balaban J connectivity index is 1.58. The number of carbonyl (C=O) groups is 2. The third-order valence-corrected chi connectivity index (χ3v) is 4.90. The van der Waals surface area contributed by atoms with Gasteiger partial charge in [-0.2, -0.15) is 13.2 Å². The molecule has 22 heavy (non-hydrogen) atoms. The minimum atomic E-state index is -4.50. The van der Waals surface area contributed by atoms with Gasteiger partial charge in [0.2, 0.25) is 0 Å². The van der Waals surface area contributed by atoms with Gasteiger partial charge in [-0.1, -0.05) is 0 Å². The van der Waals surface area contributed by atoms with Crippen molar-refractivity contribution in [3.8, 4) is 0 Å². The Hall–Kier alpha value is -1.68.